The Morgan fingerprint density at radius 3 is 2.74 bits per heavy atom. The zero-order chi connectivity index (χ0) is 16.6. The molecular formula is C17H17N3O3. The number of hydrogen-bond donors (Lipinski definition) is 1. The lowest BCUT2D eigenvalue weighted by Gasteiger charge is -2.22. The van der Waals surface area contributed by atoms with Gasteiger partial charge in [-0.3, -0.25) is 14.9 Å². The van der Waals surface area contributed by atoms with Crippen LogP contribution in [0.2, 0.25) is 0 Å². The van der Waals surface area contributed by atoms with Crippen molar-refractivity contribution in [3.8, 4) is 0 Å². The minimum Gasteiger partial charge on any atom is -0.383 e. The van der Waals surface area contributed by atoms with Crippen LogP contribution in [0.1, 0.15) is 22.8 Å². The molecule has 1 aliphatic heterocycles. The van der Waals surface area contributed by atoms with E-state index in [9.17, 15) is 14.9 Å². The quantitative estimate of drug-likeness (QED) is 0.697. The average Bonchev–Trinajstić information content (AvgIpc) is 2.89. The lowest BCUT2D eigenvalue weighted by Crippen LogP contribution is -2.35. The molecule has 23 heavy (non-hydrogen) atoms. The molecular weight excluding hydrogens is 294 g/mol. The maximum Gasteiger partial charge on any atom is 0.293 e. The lowest BCUT2D eigenvalue weighted by molar-refractivity contribution is -0.384. The molecule has 1 atom stereocenters. The van der Waals surface area contributed by atoms with E-state index in [-0.39, 0.29) is 17.6 Å². The third-order valence-corrected chi connectivity index (χ3v) is 4.14. The first-order chi connectivity index (χ1) is 11.0. The van der Waals surface area contributed by atoms with E-state index in [1.54, 1.807) is 24.1 Å². The molecule has 3 rings (SSSR count). The fourth-order valence-corrected chi connectivity index (χ4v) is 3.04. The van der Waals surface area contributed by atoms with Gasteiger partial charge in [-0.15, -0.1) is 0 Å². The zero-order valence-electron chi connectivity index (χ0n) is 12.9. The zero-order valence-corrected chi connectivity index (χ0v) is 12.9. The van der Waals surface area contributed by atoms with Crippen molar-refractivity contribution < 1.29 is 9.72 Å². The number of nitrogens with one attached hydrogen (secondary N) is 1. The van der Waals surface area contributed by atoms with Gasteiger partial charge in [-0.05, 0) is 37.1 Å². The van der Waals surface area contributed by atoms with E-state index in [1.807, 2.05) is 31.2 Å². The van der Waals surface area contributed by atoms with Crippen molar-refractivity contribution in [3.63, 3.8) is 0 Å². The summed E-state index contributed by atoms with van der Waals surface area (Å²) in [6.45, 7) is 1.98. The largest absolute Gasteiger partial charge is 0.383 e. The number of nitro benzene ring substituents is 1. The first-order valence-electron chi connectivity index (χ1n) is 7.40. The summed E-state index contributed by atoms with van der Waals surface area (Å²) >= 11 is 0. The highest BCUT2D eigenvalue weighted by Gasteiger charge is 2.32. The maximum absolute atomic E-state index is 12.9. The minimum absolute atomic E-state index is 0.0305. The number of anilines is 2. The molecule has 1 amide bonds. The second kappa shape index (κ2) is 5.72. The Morgan fingerprint density at radius 1 is 1.30 bits per heavy atom. The second-order valence-corrected chi connectivity index (χ2v) is 5.60. The van der Waals surface area contributed by atoms with E-state index in [1.165, 1.54) is 6.07 Å². The van der Waals surface area contributed by atoms with Gasteiger partial charge < -0.3 is 10.2 Å². The highest BCUT2D eigenvalue weighted by molar-refractivity contribution is 6.08. The third kappa shape index (κ3) is 2.52. The van der Waals surface area contributed by atoms with E-state index in [4.69, 9.17) is 0 Å². The van der Waals surface area contributed by atoms with E-state index < -0.39 is 4.92 Å². The Hall–Kier alpha value is -2.89. The monoisotopic (exact) mass is 311 g/mol. The molecule has 6 nitrogen and oxygen atoms in total. The lowest BCUT2D eigenvalue weighted by atomic mass is 10.1. The molecule has 0 fully saturated rings. The van der Waals surface area contributed by atoms with Crippen molar-refractivity contribution in [3.05, 3.63) is 63.7 Å². The van der Waals surface area contributed by atoms with Crippen LogP contribution in [0.15, 0.2) is 42.5 Å². The summed E-state index contributed by atoms with van der Waals surface area (Å²) in [6, 6.07) is 12.3. The summed E-state index contributed by atoms with van der Waals surface area (Å²) in [6.07, 6.45) is 0.790. The fourth-order valence-electron chi connectivity index (χ4n) is 3.04. The number of nitrogens with zero attached hydrogens (tertiary/aromatic N) is 2. The molecule has 6 heteroatoms. The molecule has 1 unspecified atom stereocenters. The van der Waals surface area contributed by atoms with Gasteiger partial charge in [0.15, 0.2) is 0 Å². The number of rotatable bonds is 3. The molecule has 1 N–H and O–H groups in total. The third-order valence-electron chi connectivity index (χ3n) is 4.14. The summed E-state index contributed by atoms with van der Waals surface area (Å²) in [5, 5.41) is 14.0. The predicted molar refractivity (Wildman–Crippen MR) is 89.1 cm³/mol. The molecule has 2 aromatic carbocycles. The molecule has 0 aliphatic carbocycles. The van der Waals surface area contributed by atoms with Crippen molar-refractivity contribution in [2.45, 2.75) is 19.4 Å². The van der Waals surface area contributed by atoms with Crippen LogP contribution in [0, 0.1) is 10.1 Å². The van der Waals surface area contributed by atoms with Gasteiger partial charge in [0.1, 0.15) is 5.69 Å². The van der Waals surface area contributed by atoms with Crippen molar-refractivity contribution in [1.29, 1.82) is 0 Å². The smallest absolute Gasteiger partial charge is 0.293 e. The Labute approximate surface area is 133 Å². The van der Waals surface area contributed by atoms with Crippen molar-refractivity contribution in [2.75, 3.05) is 17.3 Å². The molecule has 2 aromatic rings. The predicted octanol–water partition coefficient (Wildman–Crippen LogP) is 3.23. The Bertz CT molecular complexity index is 788. The Morgan fingerprint density at radius 2 is 2.04 bits per heavy atom. The summed E-state index contributed by atoms with van der Waals surface area (Å²) in [7, 11) is 1.61. The number of fused-ring (bicyclic) bond motifs is 1. The van der Waals surface area contributed by atoms with Gasteiger partial charge in [-0.1, -0.05) is 18.2 Å². The van der Waals surface area contributed by atoms with Crippen LogP contribution in [-0.4, -0.2) is 23.9 Å². The number of benzene rings is 2. The molecule has 1 heterocycles. The van der Waals surface area contributed by atoms with Crippen molar-refractivity contribution in [2.24, 2.45) is 0 Å². The van der Waals surface area contributed by atoms with Gasteiger partial charge in [0.2, 0.25) is 0 Å². The number of carbonyl (C=O) groups is 1. The molecule has 0 saturated carbocycles. The normalized spacial score (nSPS) is 16.1. The molecule has 0 aromatic heterocycles. The molecule has 0 saturated heterocycles. The van der Waals surface area contributed by atoms with Crippen LogP contribution in [0.5, 0.6) is 0 Å². The van der Waals surface area contributed by atoms with Crippen LogP contribution >= 0.6 is 0 Å². The standard InChI is InChI=1S/C17H17N3O3/c1-11-9-12-5-3-4-6-15(12)19(11)17(21)13-7-8-14(18-2)16(10-13)20(22)23/h3-8,10-11,18H,9H2,1-2H3. The number of para-hydroxylation sites is 1. The number of amides is 1. The molecule has 0 radical (unpaired) electrons. The van der Waals surface area contributed by atoms with Gasteiger partial charge >= 0.3 is 0 Å². The maximum atomic E-state index is 12.9. The molecule has 118 valence electrons. The number of hydrogen-bond acceptors (Lipinski definition) is 4. The topological polar surface area (TPSA) is 75.5 Å². The van der Waals surface area contributed by atoms with Gasteiger partial charge in [-0.2, -0.15) is 0 Å². The summed E-state index contributed by atoms with van der Waals surface area (Å²) in [5.41, 5.74) is 2.61. The van der Waals surface area contributed by atoms with Crippen molar-refractivity contribution >= 4 is 23.0 Å². The van der Waals surface area contributed by atoms with Gasteiger partial charge in [-0.25, -0.2) is 0 Å². The van der Waals surface area contributed by atoms with Crippen LogP contribution < -0.4 is 10.2 Å². The van der Waals surface area contributed by atoms with Crippen molar-refractivity contribution in [1.82, 2.24) is 0 Å². The number of nitro groups is 1. The first-order valence-corrected chi connectivity index (χ1v) is 7.40. The average molecular weight is 311 g/mol. The van der Waals surface area contributed by atoms with E-state index in [0.29, 0.717) is 11.3 Å². The molecule has 0 spiro atoms. The van der Waals surface area contributed by atoms with Crippen LogP contribution in [0.25, 0.3) is 0 Å². The highest BCUT2D eigenvalue weighted by Crippen LogP contribution is 2.34. The van der Waals surface area contributed by atoms with E-state index >= 15 is 0 Å². The Kier molecular flexibility index (Phi) is 3.73. The minimum atomic E-state index is -0.482. The van der Waals surface area contributed by atoms with E-state index in [2.05, 4.69) is 5.32 Å². The van der Waals surface area contributed by atoms with E-state index in [0.717, 1.165) is 17.7 Å². The Balaban J connectivity index is 2.01. The summed E-state index contributed by atoms with van der Waals surface area (Å²) in [5.74, 6) is -0.215. The van der Waals surface area contributed by atoms with Gasteiger partial charge in [0.25, 0.3) is 11.6 Å². The van der Waals surface area contributed by atoms with Crippen LogP contribution in [0.3, 0.4) is 0 Å². The summed E-state index contributed by atoms with van der Waals surface area (Å²) in [4.78, 5) is 25.3. The fraction of sp³-hybridized carbons (Fsp3) is 0.235. The summed E-state index contributed by atoms with van der Waals surface area (Å²) < 4.78 is 0. The van der Waals surface area contributed by atoms with Gasteiger partial charge in [0, 0.05) is 30.4 Å². The van der Waals surface area contributed by atoms with Gasteiger partial charge in [0.05, 0.1) is 4.92 Å². The second-order valence-electron chi connectivity index (χ2n) is 5.60. The first kappa shape index (κ1) is 15.0. The number of carbonyl (C=O) groups excluding carboxylic acids is 1. The highest BCUT2D eigenvalue weighted by atomic mass is 16.6. The molecule has 1 aliphatic rings. The molecule has 0 bridgehead atoms. The van der Waals surface area contributed by atoms with Crippen LogP contribution in [-0.2, 0) is 6.42 Å². The van der Waals surface area contributed by atoms with Crippen LogP contribution in [0.4, 0.5) is 17.1 Å². The SMILES string of the molecule is CNc1ccc(C(=O)N2c3ccccc3CC2C)cc1[N+](=O)[O-].